The van der Waals surface area contributed by atoms with Crippen molar-refractivity contribution >= 4 is 57.5 Å². The highest BCUT2D eigenvalue weighted by Crippen LogP contribution is 2.30. The van der Waals surface area contributed by atoms with Crippen LogP contribution in [-0.2, 0) is 14.3 Å². The number of imide groups is 1. The minimum Gasteiger partial charge on any atom is -0.459 e. The van der Waals surface area contributed by atoms with E-state index in [0.717, 1.165) is 15.7 Å². The first-order chi connectivity index (χ1) is 19.2. The van der Waals surface area contributed by atoms with Crippen molar-refractivity contribution in [2.24, 2.45) is 0 Å². The minimum atomic E-state index is -0.706. The van der Waals surface area contributed by atoms with E-state index < -0.39 is 23.8 Å². The Balaban J connectivity index is 1.26. The van der Waals surface area contributed by atoms with E-state index in [2.05, 4.69) is 5.32 Å². The van der Waals surface area contributed by atoms with Gasteiger partial charge in [-0.1, -0.05) is 41.9 Å². The molecule has 4 aromatic carbocycles. The minimum absolute atomic E-state index is 0.110. The predicted octanol–water partition coefficient (Wildman–Crippen LogP) is 6.06. The number of esters is 2. The van der Waals surface area contributed by atoms with Gasteiger partial charge in [-0.2, -0.15) is 0 Å². The van der Waals surface area contributed by atoms with Gasteiger partial charge in [0.1, 0.15) is 16.5 Å². The molecule has 8 nitrogen and oxygen atoms in total. The molecule has 9 heteroatoms. The van der Waals surface area contributed by atoms with Gasteiger partial charge in [-0.3, -0.25) is 9.59 Å². The van der Waals surface area contributed by atoms with E-state index in [0.29, 0.717) is 17.0 Å². The first-order valence-corrected chi connectivity index (χ1v) is 12.8. The lowest BCUT2D eigenvalue weighted by molar-refractivity contribution is -0.120. The van der Waals surface area contributed by atoms with Gasteiger partial charge in [-0.25, -0.2) is 14.5 Å². The number of carbonyl (C=O) groups excluding carboxylic acids is 4. The van der Waals surface area contributed by atoms with Crippen molar-refractivity contribution in [3.63, 3.8) is 0 Å². The van der Waals surface area contributed by atoms with Gasteiger partial charge in [-0.15, -0.1) is 0 Å². The summed E-state index contributed by atoms with van der Waals surface area (Å²) >= 11 is 6.23. The summed E-state index contributed by atoms with van der Waals surface area (Å²) in [5.41, 5.74) is 1.16. The number of nitrogens with zero attached hydrogens (tertiary/aromatic N) is 1. The number of nitrogens with one attached hydrogen (secondary N) is 1. The lowest BCUT2D eigenvalue weighted by Crippen LogP contribution is -2.32. The summed E-state index contributed by atoms with van der Waals surface area (Å²) in [4.78, 5) is 51.6. The average molecular weight is 555 g/mol. The summed E-state index contributed by atoms with van der Waals surface area (Å²) in [6.45, 7) is 3.48. The van der Waals surface area contributed by atoms with Crippen LogP contribution in [-0.4, -0.2) is 29.9 Å². The van der Waals surface area contributed by atoms with Crippen molar-refractivity contribution in [3.05, 3.63) is 113 Å². The lowest BCUT2D eigenvalue weighted by atomic mass is 10.1. The Morgan fingerprint density at radius 3 is 2.08 bits per heavy atom. The molecular weight excluding hydrogens is 532 g/mol. The fourth-order valence-electron chi connectivity index (χ4n) is 4.11. The molecule has 0 spiro atoms. The second-order valence-electron chi connectivity index (χ2n) is 9.24. The summed E-state index contributed by atoms with van der Waals surface area (Å²) in [6.07, 6.45) is -0.283. The highest BCUT2D eigenvalue weighted by molar-refractivity contribution is 6.53. The van der Waals surface area contributed by atoms with Crippen LogP contribution < -0.4 is 15.0 Å². The van der Waals surface area contributed by atoms with E-state index >= 15 is 0 Å². The zero-order chi connectivity index (χ0) is 28.4. The number of rotatable bonds is 7. The largest absolute Gasteiger partial charge is 0.459 e. The maximum absolute atomic E-state index is 13.1. The van der Waals surface area contributed by atoms with Gasteiger partial charge in [0, 0.05) is 5.69 Å². The van der Waals surface area contributed by atoms with Crippen LogP contribution in [0.1, 0.15) is 34.6 Å². The highest BCUT2D eigenvalue weighted by Gasteiger charge is 2.39. The maximum atomic E-state index is 13.1. The Labute approximate surface area is 234 Å². The van der Waals surface area contributed by atoms with Crippen molar-refractivity contribution in [1.82, 2.24) is 0 Å². The Kier molecular flexibility index (Phi) is 7.35. The zero-order valence-electron chi connectivity index (χ0n) is 21.5. The third-order valence-corrected chi connectivity index (χ3v) is 6.40. The molecule has 40 heavy (non-hydrogen) atoms. The third kappa shape index (κ3) is 5.43. The highest BCUT2D eigenvalue weighted by atomic mass is 35.5. The molecule has 0 saturated carbocycles. The van der Waals surface area contributed by atoms with Gasteiger partial charge < -0.3 is 14.8 Å². The monoisotopic (exact) mass is 554 g/mol. The van der Waals surface area contributed by atoms with E-state index in [9.17, 15) is 19.2 Å². The molecule has 1 N–H and O–H groups in total. The second-order valence-corrected chi connectivity index (χ2v) is 9.61. The number of fused-ring (bicyclic) bond motifs is 1. The fraction of sp³-hybridized carbons (Fsp3) is 0.0968. The van der Waals surface area contributed by atoms with Crippen LogP contribution in [0.15, 0.2) is 102 Å². The Morgan fingerprint density at radius 1 is 0.775 bits per heavy atom. The lowest BCUT2D eigenvalue weighted by Gasteiger charge is -2.16. The molecule has 0 saturated heterocycles. The van der Waals surface area contributed by atoms with Crippen molar-refractivity contribution in [3.8, 4) is 5.75 Å². The van der Waals surface area contributed by atoms with Gasteiger partial charge in [0.15, 0.2) is 0 Å². The first-order valence-electron chi connectivity index (χ1n) is 12.4. The summed E-state index contributed by atoms with van der Waals surface area (Å²) < 4.78 is 10.7. The number of benzene rings is 4. The van der Waals surface area contributed by atoms with Crippen molar-refractivity contribution in [2.75, 3.05) is 10.2 Å². The Bertz CT molecular complexity index is 1680. The molecule has 1 heterocycles. The third-order valence-electron chi connectivity index (χ3n) is 6.05. The van der Waals surface area contributed by atoms with E-state index in [4.69, 9.17) is 21.1 Å². The smallest absolute Gasteiger partial charge is 0.343 e. The molecule has 0 fully saturated rings. The topological polar surface area (TPSA) is 102 Å². The molecule has 1 aliphatic heterocycles. The molecule has 0 aliphatic carbocycles. The summed E-state index contributed by atoms with van der Waals surface area (Å²) in [6, 6.07) is 25.2. The van der Waals surface area contributed by atoms with Crippen LogP contribution in [0, 0.1) is 0 Å². The van der Waals surface area contributed by atoms with Gasteiger partial charge in [0.25, 0.3) is 11.8 Å². The number of hydrogen-bond donors (Lipinski definition) is 1. The van der Waals surface area contributed by atoms with E-state index in [1.165, 1.54) is 36.4 Å². The molecule has 0 bridgehead atoms. The average Bonchev–Trinajstić information content (AvgIpc) is 3.16. The number of carbonyl (C=O) groups is 4. The van der Waals surface area contributed by atoms with Crippen molar-refractivity contribution < 1.29 is 28.7 Å². The standard InChI is InChI=1S/C31H23ClN2O6/c1-18(2)39-30(37)21-9-14-24(15-10-21)34-28(35)26(32)27(29(34)36)33-23-12-7-20(8-13-23)31(38)40-25-16-11-19-5-3-4-6-22(19)17-25/h3-18,33H,1-2H3. The van der Waals surface area contributed by atoms with Gasteiger partial charge in [0.05, 0.1) is 22.9 Å². The number of ether oxygens (including phenoxy) is 2. The molecular formula is C31H23ClN2O6. The number of hydrogen-bond acceptors (Lipinski definition) is 7. The normalized spacial score (nSPS) is 13.2. The molecule has 0 aromatic heterocycles. The maximum Gasteiger partial charge on any atom is 0.343 e. The van der Waals surface area contributed by atoms with Gasteiger partial charge in [-0.05, 0) is 85.3 Å². The summed E-state index contributed by atoms with van der Waals surface area (Å²) in [7, 11) is 0. The van der Waals surface area contributed by atoms with Gasteiger partial charge >= 0.3 is 11.9 Å². The predicted molar refractivity (Wildman–Crippen MR) is 151 cm³/mol. The summed E-state index contributed by atoms with van der Waals surface area (Å²) in [5.74, 6) is -2.00. The molecule has 200 valence electrons. The number of anilines is 2. The fourth-order valence-corrected chi connectivity index (χ4v) is 4.32. The molecule has 0 radical (unpaired) electrons. The van der Waals surface area contributed by atoms with Crippen LogP contribution in [0.3, 0.4) is 0 Å². The molecule has 1 aliphatic rings. The van der Waals surface area contributed by atoms with Crippen LogP contribution in [0.4, 0.5) is 11.4 Å². The van der Waals surface area contributed by atoms with Crippen LogP contribution in [0.25, 0.3) is 10.8 Å². The van der Waals surface area contributed by atoms with E-state index in [-0.39, 0.29) is 28.1 Å². The van der Waals surface area contributed by atoms with Crippen LogP contribution in [0.2, 0.25) is 0 Å². The van der Waals surface area contributed by atoms with Crippen molar-refractivity contribution in [2.45, 2.75) is 20.0 Å². The van der Waals surface area contributed by atoms with E-state index in [1.54, 1.807) is 38.1 Å². The van der Waals surface area contributed by atoms with Gasteiger partial charge in [0.2, 0.25) is 0 Å². The van der Waals surface area contributed by atoms with Crippen LogP contribution >= 0.6 is 11.6 Å². The Hall–Kier alpha value is -4.95. The second kappa shape index (κ2) is 11.0. The van der Waals surface area contributed by atoms with E-state index in [1.807, 2.05) is 30.3 Å². The van der Waals surface area contributed by atoms with Crippen LogP contribution in [0.5, 0.6) is 5.75 Å². The number of halogens is 1. The number of amides is 2. The molecule has 5 rings (SSSR count). The SMILES string of the molecule is CC(C)OC(=O)c1ccc(N2C(=O)C(Cl)=C(Nc3ccc(C(=O)Oc4ccc5ccccc5c4)cc3)C2=O)cc1. The molecule has 4 aromatic rings. The Morgan fingerprint density at radius 2 is 1.40 bits per heavy atom. The molecule has 0 atom stereocenters. The molecule has 0 unspecified atom stereocenters. The summed E-state index contributed by atoms with van der Waals surface area (Å²) in [5, 5.41) is 4.57. The quantitative estimate of drug-likeness (QED) is 0.168. The first kappa shape index (κ1) is 26.6. The van der Waals surface area contributed by atoms with Crippen molar-refractivity contribution in [1.29, 1.82) is 0 Å². The zero-order valence-corrected chi connectivity index (χ0v) is 22.3. The molecule has 2 amide bonds.